The molecule has 4 nitrogen and oxygen atoms in total. The molecule has 0 unspecified atom stereocenters. The van der Waals surface area contributed by atoms with Gasteiger partial charge in [-0.1, -0.05) is 25.3 Å². The topological polar surface area (TPSA) is 58.2 Å². The van der Waals surface area contributed by atoms with Crippen molar-refractivity contribution in [3.8, 4) is 0 Å². The lowest BCUT2D eigenvalue weighted by Crippen LogP contribution is -2.38. The smallest absolute Gasteiger partial charge is 0.313 e. The number of rotatable bonds is 3. The maximum atomic E-state index is 13.0. The second-order valence-electron chi connectivity index (χ2n) is 5.18. The first-order valence-electron chi connectivity index (χ1n) is 7.00. The first kappa shape index (κ1) is 14.5. The zero-order chi connectivity index (χ0) is 14.4. The number of hydrogen-bond donors (Lipinski definition) is 2. The Hall–Kier alpha value is -1.91. The molecule has 1 aliphatic rings. The van der Waals surface area contributed by atoms with Gasteiger partial charge in [0.2, 0.25) is 0 Å². The molecular formula is C15H19FN2O2. The van der Waals surface area contributed by atoms with Crippen LogP contribution in [0.5, 0.6) is 0 Å². The van der Waals surface area contributed by atoms with Crippen molar-refractivity contribution >= 4 is 17.5 Å². The van der Waals surface area contributed by atoms with Crippen molar-refractivity contribution in [2.24, 2.45) is 5.92 Å². The molecule has 2 amide bonds. The maximum Gasteiger partial charge on any atom is 0.313 e. The standard InChI is InChI=1S/C15H19FN2O2/c16-12-7-4-8-13(9-12)18-15(20)14(19)17-10-11-5-2-1-3-6-11/h4,7-9,11H,1-3,5-6,10H2,(H,17,19)(H,18,20). The van der Waals surface area contributed by atoms with E-state index in [9.17, 15) is 14.0 Å². The van der Waals surface area contributed by atoms with Crippen molar-refractivity contribution in [1.29, 1.82) is 0 Å². The lowest BCUT2D eigenvalue weighted by molar-refractivity contribution is -0.136. The summed E-state index contributed by atoms with van der Waals surface area (Å²) in [5.41, 5.74) is 0.280. The summed E-state index contributed by atoms with van der Waals surface area (Å²) in [5, 5.41) is 5.02. The predicted octanol–water partition coefficient (Wildman–Crippen LogP) is 2.46. The molecule has 1 saturated carbocycles. The summed E-state index contributed by atoms with van der Waals surface area (Å²) in [6, 6.07) is 5.46. The van der Waals surface area contributed by atoms with Crippen LogP contribution in [0.25, 0.3) is 0 Å². The minimum absolute atomic E-state index is 0.280. The summed E-state index contributed by atoms with van der Waals surface area (Å²) >= 11 is 0. The average Bonchev–Trinajstić information content (AvgIpc) is 2.46. The van der Waals surface area contributed by atoms with Gasteiger partial charge in [-0.3, -0.25) is 9.59 Å². The van der Waals surface area contributed by atoms with Gasteiger partial charge in [-0.2, -0.15) is 0 Å². The van der Waals surface area contributed by atoms with E-state index in [0.29, 0.717) is 12.5 Å². The molecule has 2 N–H and O–H groups in total. The largest absolute Gasteiger partial charge is 0.348 e. The molecular weight excluding hydrogens is 259 g/mol. The van der Waals surface area contributed by atoms with E-state index in [-0.39, 0.29) is 5.69 Å². The number of benzene rings is 1. The van der Waals surface area contributed by atoms with E-state index in [1.54, 1.807) is 0 Å². The molecule has 1 aromatic carbocycles. The van der Waals surface area contributed by atoms with Crippen LogP contribution in [0.1, 0.15) is 32.1 Å². The van der Waals surface area contributed by atoms with Gasteiger partial charge in [-0.15, -0.1) is 0 Å². The summed E-state index contributed by atoms with van der Waals surface area (Å²) in [6.45, 7) is 0.537. The summed E-state index contributed by atoms with van der Waals surface area (Å²) < 4.78 is 13.0. The van der Waals surface area contributed by atoms with Crippen molar-refractivity contribution in [2.45, 2.75) is 32.1 Å². The predicted molar refractivity (Wildman–Crippen MR) is 74.6 cm³/mol. The van der Waals surface area contributed by atoms with Gasteiger partial charge in [0.05, 0.1) is 0 Å². The van der Waals surface area contributed by atoms with Gasteiger partial charge in [0.1, 0.15) is 5.82 Å². The Morgan fingerprint density at radius 1 is 1.15 bits per heavy atom. The number of carbonyl (C=O) groups excluding carboxylic acids is 2. The van der Waals surface area contributed by atoms with Gasteiger partial charge in [0.15, 0.2) is 0 Å². The molecule has 108 valence electrons. The summed E-state index contributed by atoms with van der Waals surface area (Å²) in [6.07, 6.45) is 5.84. The van der Waals surface area contributed by atoms with Crippen molar-refractivity contribution in [3.05, 3.63) is 30.1 Å². The highest BCUT2D eigenvalue weighted by Gasteiger charge is 2.18. The highest BCUT2D eigenvalue weighted by molar-refractivity contribution is 6.39. The van der Waals surface area contributed by atoms with Crippen molar-refractivity contribution < 1.29 is 14.0 Å². The van der Waals surface area contributed by atoms with E-state index < -0.39 is 17.6 Å². The van der Waals surface area contributed by atoms with Gasteiger partial charge < -0.3 is 10.6 Å². The number of anilines is 1. The fraction of sp³-hybridized carbons (Fsp3) is 0.467. The van der Waals surface area contributed by atoms with E-state index in [4.69, 9.17) is 0 Å². The molecule has 0 heterocycles. The van der Waals surface area contributed by atoms with E-state index in [2.05, 4.69) is 10.6 Å². The molecule has 0 bridgehead atoms. The van der Waals surface area contributed by atoms with Crippen LogP contribution in [0, 0.1) is 11.7 Å². The van der Waals surface area contributed by atoms with E-state index in [1.165, 1.54) is 43.5 Å². The van der Waals surface area contributed by atoms with Crippen LogP contribution in [0.4, 0.5) is 10.1 Å². The third-order valence-corrected chi connectivity index (χ3v) is 3.56. The summed E-state index contributed by atoms with van der Waals surface area (Å²) in [4.78, 5) is 23.3. The van der Waals surface area contributed by atoms with Gasteiger partial charge in [-0.25, -0.2) is 4.39 Å². The van der Waals surface area contributed by atoms with Crippen LogP contribution >= 0.6 is 0 Å². The molecule has 20 heavy (non-hydrogen) atoms. The van der Waals surface area contributed by atoms with Gasteiger partial charge in [0.25, 0.3) is 0 Å². The fourth-order valence-electron chi connectivity index (χ4n) is 2.46. The Kier molecular flexibility index (Phi) is 5.09. The molecule has 0 atom stereocenters. The van der Waals surface area contributed by atoms with Crippen molar-refractivity contribution in [3.63, 3.8) is 0 Å². The third kappa shape index (κ3) is 4.33. The number of carbonyl (C=O) groups is 2. The molecule has 1 aliphatic carbocycles. The SMILES string of the molecule is O=C(NCC1CCCCC1)C(=O)Nc1cccc(F)c1. The Bertz CT molecular complexity index is 485. The number of nitrogens with one attached hydrogen (secondary N) is 2. The van der Waals surface area contributed by atoms with Gasteiger partial charge in [-0.05, 0) is 37.0 Å². The van der Waals surface area contributed by atoms with E-state index in [1.807, 2.05) is 0 Å². The van der Waals surface area contributed by atoms with E-state index in [0.717, 1.165) is 12.8 Å². The highest BCUT2D eigenvalue weighted by atomic mass is 19.1. The average molecular weight is 278 g/mol. The molecule has 0 aromatic heterocycles. The van der Waals surface area contributed by atoms with Crippen LogP contribution in [-0.2, 0) is 9.59 Å². The van der Waals surface area contributed by atoms with Gasteiger partial charge in [0, 0.05) is 12.2 Å². The molecule has 0 radical (unpaired) electrons. The lowest BCUT2D eigenvalue weighted by Gasteiger charge is -2.21. The van der Waals surface area contributed by atoms with E-state index >= 15 is 0 Å². The van der Waals surface area contributed by atoms with Crippen LogP contribution in [0.2, 0.25) is 0 Å². The Morgan fingerprint density at radius 2 is 1.90 bits per heavy atom. The molecule has 0 aliphatic heterocycles. The Labute approximate surface area is 117 Å². The molecule has 1 aromatic rings. The molecule has 5 heteroatoms. The normalized spacial score (nSPS) is 15.7. The minimum atomic E-state index is -0.758. The summed E-state index contributed by atoms with van der Waals surface area (Å²) in [7, 11) is 0. The fourth-order valence-corrected chi connectivity index (χ4v) is 2.46. The van der Waals surface area contributed by atoms with Crippen LogP contribution < -0.4 is 10.6 Å². The first-order chi connectivity index (χ1) is 9.65. The monoisotopic (exact) mass is 278 g/mol. The summed E-state index contributed by atoms with van der Waals surface area (Å²) in [5.74, 6) is -1.41. The van der Waals surface area contributed by atoms with Crippen LogP contribution in [0.15, 0.2) is 24.3 Å². The molecule has 0 saturated heterocycles. The molecule has 1 fully saturated rings. The highest BCUT2D eigenvalue weighted by Crippen LogP contribution is 2.22. The number of amides is 2. The lowest BCUT2D eigenvalue weighted by atomic mass is 9.89. The Morgan fingerprint density at radius 3 is 2.60 bits per heavy atom. The number of halogens is 1. The Balaban J connectivity index is 1.78. The van der Waals surface area contributed by atoms with Crippen molar-refractivity contribution in [1.82, 2.24) is 5.32 Å². The molecule has 2 rings (SSSR count). The van der Waals surface area contributed by atoms with Gasteiger partial charge >= 0.3 is 11.8 Å². The quantitative estimate of drug-likeness (QED) is 0.834. The zero-order valence-corrected chi connectivity index (χ0v) is 11.3. The second kappa shape index (κ2) is 7.03. The molecule has 0 spiro atoms. The zero-order valence-electron chi connectivity index (χ0n) is 11.3. The maximum absolute atomic E-state index is 13.0. The van der Waals surface area contributed by atoms with Crippen LogP contribution in [0.3, 0.4) is 0 Å². The van der Waals surface area contributed by atoms with Crippen molar-refractivity contribution in [2.75, 3.05) is 11.9 Å². The second-order valence-corrected chi connectivity index (χ2v) is 5.18. The van der Waals surface area contributed by atoms with Crippen LogP contribution in [-0.4, -0.2) is 18.4 Å². The first-order valence-corrected chi connectivity index (χ1v) is 7.00. The number of hydrogen-bond acceptors (Lipinski definition) is 2. The third-order valence-electron chi connectivity index (χ3n) is 3.56. The minimum Gasteiger partial charge on any atom is -0.348 e.